The smallest absolute Gasteiger partial charge is 0.303 e. The maximum absolute atomic E-state index is 11.9. The predicted octanol–water partition coefficient (Wildman–Crippen LogP) is 0.888. The van der Waals surface area contributed by atoms with Crippen LogP contribution in [0, 0.1) is 5.92 Å². The molecule has 1 aliphatic heterocycles. The average molecular weight is 254 g/mol. The van der Waals surface area contributed by atoms with Gasteiger partial charge in [-0.1, -0.05) is 12.8 Å². The highest BCUT2D eigenvalue weighted by Crippen LogP contribution is 2.33. The molecule has 1 saturated carbocycles. The third-order valence-electron chi connectivity index (χ3n) is 4.05. The first-order valence-corrected chi connectivity index (χ1v) is 6.92. The van der Waals surface area contributed by atoms with E-state index < -0.39 is 5.97 Å². The third-order valence-corrected chi connectivity index (χ3v) is 4.05. The van der Waals surface area contributed by atoms with Crippen LogP contribution < -0.4 is 10.6 Å². The first kappa shape index (κ1) is 13.3. The topological polar surface area (TPSA) is 78.4 Å². The first-order chi connectivity index (χ1) is 8.66. The van der Waals surface area contributed by atoms with Gasteiger partial charge in [0.15, 0.2) is 0 Å². The van der Waals surface area contributed by atoms with Gasteiger partial charge < -0.3 is 15.7 Å². The van der Waals surface area contributed by atoms with Crippen molar-refractivity contribution in [3.63, 3.8) is 0 Å². The van der Waals surface area contributed by atoms with Gasteiger partial charge in [-0.15, -0.1) is 0 Å². The summed E-state index contributed by atoms with van der Waals surface area (Å²) in [6.45, 7) is 0.457. The molecule has 0 aromatic heterocycles. The van der Waals surface area contributed by atoms with Crippen molar-refractivity contribution >= 4 is 11.9 Å². The summed E-state index contributed by atoms with van der Waals surface area (Å²) < 4.78 is 0. The Balaban J connectivity index is 1.68. The van der Waals surface area contributed by atoms with Crippen molar-refractivity contribution in [1.82, 2.24) is 10.6 Å². The zero-order valence-corrected chi connectivity index (χ0v) is 10.7. The lowest BCUT2D eigenvalue weighted by Crippen LogP contribution is -2.43. The van der Waals surface area contributed by atoms with Crippen molar-refractivity contribution in [1.29, 1.82) is 0 Å². The third kappa shape index (κ3) is 3.45. The standard InChI is InChI=1S/C13H22N2O3/c16-12(17)6-3-7-14-13(18)11-8-9-4-1-2-5-10(9)15-11/h9-11,15H,1-8H2,(H,14,18)(H,16,17). The monoisotopic (exact) mass is 254 g/mol. The molecule has 5 heteroatoms. The molecule has 2 aliphatic rings. The van der Waals surface area contributed by atoms with E-state index in [4.69, 9.17) is 5.11 Å². The predicted molar refractivity (Wildman–Crippen MR) is 67.2 cm³/mol. The van der Waals surface area contributed by atoms with Gasteiger partial charge in [0.1, 0.15) is 0 Å². The lowest BCUT2D eigenvalue weighted by Gasteiger charge is -2.24. The van der Waals surface area contributed by atoms with Gasteiger partial charge in [0.05, 0.1) is 6.04 Å². The number of nitrogens with one attached hydrogen (secondary N) is 2. The van der Waals surface area contributed by atoms with E-state index in [1.54, 1.807) is 0 Å². The Kier molecular flexibility index (Phi) is 4.58. The van der Waals surface area contributed by atoms with Gasteiger partial charge >= 0.3 is 5.97 Å². The Bertz CT molecular complexity index is 305. The SMILES string of the molecule is O=C(O)CCCNC(=O)C1CC2CCCCC2N1. The molecule has 3 N–H and O–H groups in total. The maximum atomic E-state index is 11.9. The summed E-state index contributed by atoms with van der Waals surface area (Å²) in [5, 5.41) is 14.7. The number of amides is 1. The Morgan fingerprint density at radius 1 is 1.28 bits per heavy atom. The fourth-order valence-corrected chi connectivity index (χ4v) is 3.10. The van der Waals surface area contributed by atoms with Crippen LogP contribution in [0.15, 0.2) is 0 Å². The Labute approximate surface area is 107 Å². The van der Waals surface area contributed by atoms with Gasteiger partial charge in [-0.2, -0.15) is 0 Å². The molecule has 1 saturated heterocycles. The van der Waals surface area contributed by atoms with E-state index in [9.17, 15) is 9.59 Å². The van der Waals surface area contributed by atoms with Gasteiger partial charge in [-0.3, -0.25) is 9.59 Å². The van der Waals surface area contributed by atoms with Crippen LogP contribution >= 0.6 is 0 Å². The van der Waals surface area contributed by atoms with Crippen LogP contribution in [0.25, 0.3) is 0 Å². The number of carboxylic acid groups (broad SMARTS) is 1. The van der Waals surface area contributed by atoms with Crippen molar-refractivity contribution in [2.24, 2.45) is 5.92 Å². The molecule has 3 unspecified atom stereocenters. The molecule has 5 nitrogen and oxygen atoms in total. The molecular formula is C13H22N2O3. The van der Waals surface area contributed by atoms with Crippen LogP contribution in [-0.2, 0) is 9.59 Å². The zero-order valence-electron chi connectivity index (χ0n) is 10.7. The van der Waals surface area contributed by atoms with E-state index in [1.165, 1.54) is 25.7 Å². The van der Waals surface area contributed by atoms with E-state index in [0.717, 1.165) is 6.42 Å². The highest BCUT2D eigenvalue weighted by Gasteiger charge is 2.37. The lowest BCUT2D eigenvalue weighted by atomic mass is 9.85. The molecule has 2 rings (SSSR count). The van der Waals surface area contributed by atoms with Crippen LogP contribution in [0.2, 0.25) is 0 Å². The van der Waals surface area contributed by atoms with Gasteiger partial charge in [-0.05, 0) is 31.6 Å². The summed E-state index contributed by atoms with van der Waals surface area (Å²) in [5.74, 6) is -0.113. The van der Waals surface area contributed by atoms with Crippen molar-refractivity contribution in [3.8, 4) is 0 Å². The Morgan fingerprint density at radius 3 is 2.78 bits per heavy atom. The number of rotatable bonds is 5. The number of carbonyl (C=O) groups is 2. The minimum absolute atomic E-state index is 0.0368. The molecule has 3 atom stereocenters. The van der Waals surface area contributed by atoms with E-state index in [2.05, 4.69) is 10.6 Å². The van der Waals surface area contributed by atoms with Crippen molar-refractivity contribution in [2.75, 3.05) is 6.54 Å². The summed E-state index contributed by atoms with van der Waals surface area (Å²) in [6.07, 6.45) is 6.53. The summed E-state index contributed by atoms with van der Waals surface area (Å²) in [5.41, 5.74) is 0. The second kappa shape index (κ2) is 6.18. The fourth-order valence-electron chi connectivity index (χ4n) is 3.10. The average Bonchev–Trinajstić information content (AvgIpc) is 2.78. The Hall–Kier alpha value is -1.10. The van der Waals surface area contributed by atoms with E-state index in [0.29, 0.717) is 24.9 Å². The number of fused-ring (bicyclic) bond motifs is 1. The number of carboxylic acids is 1. The first-order valence-electron chi connectivity index (χ1n) is 6.92. The van der Waals surface area contributed by atoms with Gasteiger partial charge in [-0.25, -0.2) is 0 Å². The second-order valence-electron chi connectivity index (χ2n) is 5.39. The van der Waals surface area contributed by atoms with Crippen LogP contribution in [0.1, 0.15) is 44.9 Å². The second-order valence-corrected chi connectivity index (χ2v) is 5.39. The van der Waals surface area contributed by atoms with Gasteiger partial charge in [0.2, 0.25) is 5.91 Å². The summed E-state index contributed by atoms with van der Waals surface area (Å²) in [4.78, 5) is 22.3. The Morgan fingerprint density at radius 2 is 2.06 bits per heavy atom. The largest absolute Gasteiger partial charge is 0.481 e. The molecule has 0 aromatic carbocycles. The number of hydrogen-bond donors (Lipinski definition) is 3. The number of carbonyl (C=O) groups excluding carboxylic acids is 1. The molecule has 0 aromatic rings. The molecule has 102 valence electrons. The highest BCUT2D eigenvalue weighted by molar-refractivity contribution is 5.82. The summed E-state index contributed by atoms with van der Waals surface area (Å²) in [7, 11) is 0. The molecular weight excluding hydrogens is 232 g/mol. The highest BCUT2D eigenvalue weighted by atomic mass is 16.4. The minimum Gasteiger partial charge on any atom is -0.481 e. The maximum Gasteiger partial charge on any atom is 0.303 e. The molecule has 0 radical (unpaired) electrons. The molecule has 1 aliphatic carbocycles. The minimum atomic E-state index is -0.811. The fraction of sp³-hybridized carbons (Fsp3) is 0.846. The lowest BCUT2D eigenvalue weighted by molar-refractivity contribution is -0.137. The molecule has 0 bridgehead atoms. The van der Waals surface area contributed by atoms with Crippen LogP contribution in [0.5, 0.6) is 0 Å². The number of aliphatic carboxylic acids is 1. The normalized spacial score (nSPS) is 30.8. The summed E-state index contributed by atoms with van der Waals surface area (Å²) in [6, 6.07) is 0.455. The summed E-state index contributed by atoms with van der Waals surface area (Å²) >= 11 is 0. The van der Waals surface area contributed by atoms with Crippen LogP contribution in [0.3, 0.4) is 0 Å². The molecule has 0 spiro atoms. The molecule has 2 fully saturated rings. The van der Waals surface area contributed by atoms with E-state index >= 15 is 0 Å². The van der Waals surface area contributed by atoms with Gasteiger partial charge in [0, 0.05) is 19.0 Å². The molecule has 18 heavy (non-hydrogen) atoms. The van der Waals surface area contributed by atoms with Gasteiger partial charge in [0.25, 0.3) is 0 Å². The molecule has 1 amide bonds. The van der Waals surface area contributed by atoms with Crippen molar-refractivity contribution in [3.05, 3.63) is 0 Å². The van der Waals surface area contributed by atoms with Crippen molar-refractivity contribution < 1.29 is 14.7 Å². The van der Waals surface area contributed by atoms with E-state index in [-0.39, 0.29) is 18.4 Å². The number of hydrogen-bond acceptors (Lipinski definition) is 3. The van der Waals surface area contributed by atoms with Crippen molar-refractivity contribution in [2.45, 2.75) is 57.0 Å². The quantitative estimate of drug-likeness (QED) is 0.637. The zero-order chi connectivity index (χ0) is 13.0. The van der Waals surface area contributed by atoms with Crippen LogP contribution in [0.4, 0.5) is 0 Å². The van der Waals surface area contributed by atoms with Crippen LogP contribution in [-0.4, -0.2) is 35.6 Å². The molecule has 1 heterocycles. The van der Waals surface area contributed by atoms with E-state index in [1.807, 2.05) is 0 Å².